The Bertz CT molecular complexity index is 224. The van der Waals surface area contributed by atoms with Crippen LogP contribution < -0.4 is 0 Å². The molecule has 0 radical (unpaired) electrons. The minimum absolute atomic E-state index is 0.417. The van der Waals surface area contributed by atoms with Crippen molar-refractivity contribution in [1.82, 2.24) is 0 Å². The average Bonchev–Trinajstić information content (AvgIpc) is 2.46. The van der Waals surface area contributed by atoms with Gasteiger partial charge in [0.05, 0.1) is 0 Å². The maximum atomic E-state index is 11.2. The third-order valence-electron chi connectivity index (χ3n) is 2.70. The van der Waals surface area contributed by atoms with Crippen molar-refractivity contribution in [2.45, 2.75) is 43.8 Å². The van der Waals surface area contributed by atoms with Crippen molar-refractivity contribution in [3.63, 3.8) is 0 Å². The molecule has 1 heterocycles. The van der Waals surface area contributed by atoms with Crippen LogP contribution in [0, 0.1) is 0 Å². The molecule has 0 saturated carbocycles. The van der Waals surface area contributed by atoms with Gasteiger partial charge in [-0.25, -0.2) is 0 Å². The third-order valence-corrected chi connectivity index (χ3v) is 5.97. The summed E-state index contributed by atoms with van der Waals surface area (Å²) in [4.78, 5) is 11.6. The SMILES string of the molecule is CC(=O)C1CC2=C(CCCC2)[Se]1. The van der Waals surface area contributed by atoms with E-state index in [2.05, 4.69) is 0 Å². The Hall–Kier alpha value is -0.0705. The first kappa shape index (κ1) is 8.52. The van der Waals surface area contributed by atoms with Crippen LogP contribution in [0.1, 0.15) is 39.0 Å². The van der Waals surface area contributed by atoms with Gasteiger partial charge >= 0.3 is 79.4 Å². The quantitative estimate of drug-likeness (QED) is 0.630. The number of carbonyl (C=O) groups excluding carboxylic acids is 1. The molecule has 1 aliphatic heterocycles. The van der Waals surface area contributed by atoms with Gasteiger partial charge < -0.3 is 0 Å². The summed E-state index contributed by atoms with van der Waals surface area (Å²) in [5, 5.41) is 0. The Balaban J connectivity index is 2.07. The molecular weight excluding hydrogens is 215 g/mol. The number of allylic oxidation sites excluding steroid dienone is 2. The van der Waals surface area contributed by atoms with E-state index in [1.165, 1.54) is 25.7 Å². The molecule has 0 aromatic rings. The number of ketones is 1. The molecule has 12 heavy (non-hydrogen) atoms. The van der Waals surface area contributed by atoms with Gasteiger partial charge in [0.1, 0.15) is 0 Å². The van der Waals surface area contributed by atoms with Crippen molar-refractivity contribution in [3.8, 4) is 0 Å². The number of rotatable bonds is 1. The molecular formula is C10H14OSe. The molecule has 2 heteroatoms. The van der Waals surface area contributed by atoms with Gasteiger partial charge in [0, 0.05) is 0 Å². The molecule has 0 bridgehead atoms. The second-order valence-electron chi connectivity index (χ2n) is 3.66. The van der Waals surface area contributed by atoms with Gasteiger partial charge in [-0.3, -0.25) is 0 Å². The number of Topliss-reactive ketones (excluding diaryl/α,β-unsaturated/α-hetero) is 1. The Labute approximate surface area is 79.8 Å². The van der Waals surface area contributed by atoms with Crippen LogP contribution in [0.5, 0.6) is 0 Å². The van der Waals surface area contributed by atoms with E-state index in [1.807, 2.05) is 0 Å². The van der Waals surface area contributed by atoms with Crippen LogP contribution in [0.15, 0.2) is 10.0 Å². The summed E-state index contributed by atoms with van der Waals surface area (Å²) in [6, 6.07) is 0. The van der Waals surface area contributed by atoms with Gasteiger partial charge in [0.25, 0.3) is 0 Å². The molecule has 0 saturated heterocycles. The van der Waals surface area contributed by atoms with Crippen molar-refractivity contribution in [2.75, 3.05) is 0 Å². The summed E-state index contributed by atoms with van der Waals surface area (Å²) < 4.78 is 1.69. The monoisotopic (exact) mass is 230 g/mol. The van der Waals surface area contributed by atoms with E-state index < -0.39 is 0 Å². The zero-order valence-corrected chi connectivity index (χ0v) is 9.14. The van der Waals surface area contributed by atoms with Gasteiger partial charge in [-0.05, 0) is 0 Å². The van der Waals surface area contributed by atoms with Crippen molar-refractivity contribution < 1.29 is 4.79 Å². The molecule has 1 nitrogen and oxygen atoms in total. The summed E-state index contributed by atoms with van der Waals surface area (Å²) >= 11 is 0.529. The fourth-order valence-electron chi connectivity index (χ4n) is 1.96. The molecule has 0 spiro atoms. The Morgan fingerprint density at radius 2 is 2.17 bits per heavy atom. The van der Waals surface area contributed by atoms with E-state index in [9.17, 15) is 4.79 Å². The van der Waals surface area contributed by atoms with E-state index >= 15 is 0 Å². The fourth-order valence-corrected chi connectivity index (χ4v) is 4.92. The Kier molecular flexibility index (Phi) is 2.38. The normalized spacial score (nSPS) is 28.9. The molecule has 66 valence electrons. The molecule has 0 aromatic heterocycles. The van der Waals surface area contributed by atoms with Gasteiger partial charge in [-0.2, -0.15) is 0 Å². The average molecular weight is 229 g/mol. The Morgan fingerprint density at radius 1 is 1.42 bits per heavy atom. The van der Waals surface area contributed by atoms with Crippen LogP contribution in [0.2, 0.25) is 4.82 Å². The molecule has 1 atom stereocenters. The summed E-state index contributed by atoms with van der Waals surface area (Å²) in [7, 11) is 0. The molecule has 0 aromatic carbocycles. The van der Waals surface area contributed by atoms with Crippen molar-refractivity contribution in [1.29, 1.82) is 0 Å². The number of hydrogen-bond donors (Lipinski definition) is 0. The molecule has 0 fully saturated rings. The van der Waals surface area contributed by atoms with Gasteiger partial charge in [-0.1, -0.05) is 0 Å². The van der Waals surface area contributed by atoms with Crippen molar-refractivity contribution >= 4 is 20.7 Å². The number of hydrogen-bond acceptors (Lipinski definition) is 1. The van der Waals surface area contributed by atoms with Crippen LogP contribution in [-0.4, -0.2) is 20.7 Å². The van der Waals surface area contributed by atoms with Crippen LogP contribution in [0.3, 0.4) is 0 Å². The van der Waals surface area contributed by atoms with Crippen LogP contribution >= 0.6 is 0 Å². The molecule has 2 aliphatic rings. The first-order valence-electron chi connectivity index (χ1n) is 4.65. The number of carbonyl (C=O) groups is 1. The standard InChI is InChI=1S/C10H14OSe/c1-7(11)10-6-8-4-2-3-5-9(8)12-10/h10H,2-6H2,1H3. The molecule has 1 aliphatic carbocycles. The first-order chi connectivity index (χ1) is 5.77. The predicted octanol–water partition coefficient (Wildman–Crippen LogP) is 2.30. The van der Waals surface area contributed by atoms with E-state index in [-0.39, 0.29) is 0 Å². The summed E-state index contributed by atoms with van der Waals surface area (Å²) in [5.41, 5.74) is 1.65. The Morgan fingerprint density at radius 3 is 2.83 bits per heavy atom. The second kappa shape index (κ2) is 3.35. The van der Waals surface area contributed by atoms with E-state index in [0.717, 1.165) is 6.42 Å². The van der Waals surface area contributed by atoms with Gasteiger partial charge in [0.15, 0.2) is 0 Å². The molecule has 0 N–H and O–H groups in total. The van der Waals surface area contributed by atoms with Gasteiger partial charge in [0.2, 0.25) is 0 Å². The summed E-state index contributed by atoms with van der Waals surface area (Å²) in [6.45, 7) is 1.75. The molecule has 1 unspecified atom stereocenters. The first-order valence-corrected chi connectivity index (χ1v) is 6.50. The van der Waals surface area contributed by atoms with Crippen molar-refractivity contribution in [2.24, 2.45) is 0 Å². The molecule has 2 rings (SSSR count). The third kappa shape index (κ3) is 1.51. The second-order valence-corrected chi connectivity index (χ2v) is 6.38. The van der Waals surface area contributed by atoms with E-state index in [4.69, 9.17) is 0 Å². The van der Waals surface area contributed by atoms with Gasteiger partial charge in [-0.15, -0.1) is 0 Å². The van der Waals surface area contributed by atoms with Crippen molar-refractivity contribution in [3.05, 3.63) is 10.0 Å². The molecule has 0 amide bonds. The van der Waals surface area contributed by atoms with E-state index in [1.54, 1.807) is 17.0 Å². The topological polar surface area (TPSA) is 17.1 Å². The zero-order valence-electron chi connectivity index (χ0n) is 7.43. The van der Waals surface area contributed by atoms with Crippen LogP contribution in [0.4, 0.5) is 0 Å². The maximum absolute atomic E-state index is 11.2. The van der Waals surface area contributed by atoms with E-state index in [0.29, 0.717) is 25.6 Å². The van der Waals surface area contributed by atoms with Crippen LogP contribution in [-0.2, 0) is 4.79 Å². The fraction of sp³-hybridized carbons (Fsp3) is 0.700. The zero-order chi connectivity index (χ0) is 8.55. The summed E-state index contributed by atoms with van der Waals surface area (Å²) in [5.74, 6) is 0.421. The predicted molar refractivity (Wildman–Crippen MR) is 50.3 cm³/mol. The minimum atomic E-state index is 0.417. The van der Waals surface area contributed by atoms with Crippen LogP contribution in [0.25, 0.3) is 0 Å². The summed E-state index contributed by atoms with van der Waals surface area (Å²) in [6.07, 6.45) is 6.44.